The largest absolute Gasteiger partial charge is 0.392 e. The summed E-state index contributed by atoms with van der Waals surface area (Å²) < 4.78 is 27.5. The van der Waals surface area contributed by atoms with E-state index in [2.05, 4.69) is 14.7 Å². The summed E-state index contributed by atoms with van der Waals surface area (Å²) in [5, 5.41) is 10.1. The number of rotatable bonds is 6. The third-order valence-corrected chi connectivity index (χ3v) is 5.90. The highest BCUT2D eigenvalue weighted by Gasteiger charge is 2.18. The van der Waals surface area contributed by atoms with Crippen LogP contribution >= 0.6 is 11.6 Å². The number of anilines is 1. The second-order valence-electron chi connectivity index (χ2n) is 6.39. The number of aromatic nitrogens is 2. The smallest absolute Gasteiger partial charge is 0.240 e. The fourth-order valence-corrected chi connectivity index (χ4v) is 3.91. The fraction of sp³-hybridized carbons (Fsp3) is 0.222. The molecule has 6 N–H and O–H groups in total. The van der Waals surface area contributed by atoms with Gasteiger partial charge in [-0.2, -0.15) is 0 Å². The zero-order valence-corrected chi connectivity index (χ0v) is 16.6. The number of nitrogens with zero attached hydrogens (tertiary/aromatic N) is 2. The molecule has 0 saturated heterocycles. The van der Waals surface area contributed by atoms with E-state index in [-0.39, 0.29) is 22.5 Å². The molecule has 8 nitrogen and oxygen atoms in total. The average molecular weight is 422 g/mol. The summed E-state index contributed by atoms with van der Waals surface area (Å²) in [5.41, 5.74) is 13.5. The molecule has 0 unspecified atom stereocenters. The molecule has 148 valence electrons. The number of nitrogen functional groups attached to an aromatic ring is 1. The summed E-state index contributed by atoms with van der Waals surface area (Å²) >= 11 is 5.87. The van der Waals surface area contributed by atoms with Crippen LogP contribution in [0, 0.1) is 0 Å². The molecule has 0 amide bonds. The van der Waals surface area contributed by atoms with Gasteiger partial charge < -0.3 is 16.6 Å². The monoisotopic (exact) mass is 421 g/mol. The predicted molar refractivity (Wildman–Crippen MR) is 109 cm³/mol. The molecule has 1 aromatic heterocycles. The number of aliphatic hydroxyl groups is 1. The van der Waals surface area contributed by atoms with E-state index < -0.39 is 22.2 Å². The lowest BCUT2D eigenvalue weighted by Crippen LogP contribution is -2.43. The van der Waals surface area contributed by atoms with Crippen LogP contribution in [0.5, 0.6) is 0 Å². The maximum absolute atomic E-state index is 12.5. The molecular weight excluding hydrogens is 402 g/mol. The average Bonchev–Trinajstić information content (AvgIpc) is 2.65. The minimum absolute atomic E-state index is 0.0390. The highest BCUT2D eigenvalue weighted by Crippen LogP contribution is 2.28. The molecule has 0 aliphatic carbocycles. The first-order valence-corrected chi connectivity index (χ1v) is 10.3. The van der Waals surface area contributed by atoms with Crippen molar-refractivity contribution in [2.24, 2.45) is 5.73 Å². The molecule has 2 atom stereocenters. The van der Waals surface area contributed by atoms with Gasteiger partial charge in [0.2, 0.25) is 15.3 Å². The van der Waals surface area contributed by atoms with Gasteiger partial charge in [-0.05, 0) is 53.9 Å². The predicted octanol–water partition coefficient (Wildman–Crippen LogP) is 1.52. The van der Waals surface area contributed by atoms with Gasteiger partial charge in [-0.1, -0.05) is 18.2 Å². The molecule has 0 saturated carbocycles. The molecule has 10 heteroatoms. The van der Waals surface area contributed by atoms with Crippen LogP contribution in [0.1, 0.15) is 6.92 Å². The van der Waals surface area contributed by atoms with Crippen molar-refractivity contribution in [1.29, 1.82) is 0 Å². The van der Waals surface area contributed by atoms with E-state index in [4.69, 9.17) is 23.1 Å². The molecule has 0 spiro atoms. The van der Waals surface area contributed by atoms with E-state index in [0.29, 0.717) is 16.5 Å². The molecule has 0 aliphatic rings. The summed E-state index contributed by atoms with van der Waals surface area (Å²) in [7, 11) is -3.78. The minimum atomic E-state index is -3.78. The normalized spacial score (nSPS) is 14.1. The van der Waals surface area contributed by atoms with E-state index in [1.807, 2.05) is 0 Å². The van der Waals surface area contributed by atoms with Crippen molar-refractivity contribution >= 4 is 38.3 Å². The van der Waals surface area contributed by atoms with Gasteiger partial charge in [-0.25, -0.2) is 23.1 Å². The lowest BCUT2D eigenvalue weighted by Gasteiger charge is -2.15. The lowest BCUT2D eigenvalue weighted by molar-refractivity contribution is 0.164. The van der Waals surface area contributed by atoms with Gasteiger partial charge in [0.05, 0.1) is 16.5 Å². The van der Waals surface area contributed by atoms with Crippen molar-refractivity contribution in [1.82, 2.24) is 14.7 Å². The van der Waals surface area contributed by atoms with Crippen molar-refractivity contribution in [2.45, 2.75) is 24.0 Å². The highest BCUT2D eigenvalue weighted by atomic mass is 35.5. The van der Waals surface area contributed by atoms with Gasteiger partial charge in [0.1, 0.15) is 5.82 Å². The topological polar surface area (TPSA) is 144 Å². The molecule has 2 aromatic carbocycles. The molecule has 0 radical (unpaired) electrons. The van der Waals surface area contributed by atoms with Gasteiger partial charge in [0.25, 0.3) is 0 Å². The van der Waals surface area contributed by atoms with E-state index in [0.717, 1.165) is 5.56 Å². The molecule has 0 aliphatic heterocycles. The number of sulfonamides is 1. The van der Waals surface area contributed by atoms with Crippen molar-refractivity contribution in [2.75, 3.05) is 12.3 Å². The zero-order chi connectivity index (χ0) is 20.5. The third-order valence-electron chi connectivity index (χ3n) is 4.31. The number of benzene rings is 2. The quantitative estimate of drug-likeness (QED) is 0.441. The van der Waals surface area contributed by atoms with E-state index in [1.54, 1.807) is 36.4 Å². The summed E-state index contributed by atoms with van der Waals surface area (Å²) in [6.45, 7) is 1.43. The minimum Gasteiger partial charge on any atom is -0.392 e. The van der Waals surface area contributed by atoms with Crippen LogP contribution in [-0.4, -0.2) is 42.2 Å². The van der Waals surface area contributed by atoms with Gasteiger partial charge in [-0.3, -0.25) is 0 Å². The molecule has 1 heterocycles. The van der Waals surface area contributed by atoms with Crippen LogP contribution < -0.4 is 16.2 Å². The maximum atomic E-state index is 12.5. The number of nitrogens with one attached hydrogen (secondary N) is 1. The Labute approximate surface area is 167 Å². The van der Waals surface area contributed by atoms with Gasteiger partial charge in [0.15, 0.2) is 0 Å². The summed E-state index contributed by atoms with van der Waals surface area (Å²) in [5.74, 6) is 0.275. The van der Waals surface area contributed by atoms with Crippen LogP contribution in [0.3, 0.4) is 0 Å². The molecule has 3 rings (SSSR count). The number of aliphatic hydroxyl groups excluding tert-OH is 1. The van der Waals surface area contributed by atoms with Crippen LogP contribution in [0.15, 0.2) is 47.4 Å². The van der Waals surface area contributed by atoms with E-state index in [9.17, 15) is 13.5 Å². The SMILES string of the molecule is C[C@@H](O)[C@H](N)CNS(=O)(=O)c1cccc(-c2ccc3c(N)nc(Cl)nc3c2)c1. The maximum Gasteiger partial charge on any atom is 0.240 e. The highest BCUT2D eigenvalue weighted by molar-refractivity contribution is 7.89. The van der Waals surface area contributed by atoms with Crippen molar-refractivity contribution in [3.8, 4) is 11.1 Å². The Morgan fingerprint density at radius 2 is 1.89 bits per heavy atom. The summed E-state index contributed by atoms with van der Waals surface area (Å²) in [6, 6.07) is 11.1. The second-order valence-corrected chi connectivity index (χ2v) is 8.50. The van der Waals surface area contributed by atoms with Crippen LogP contribution in [0.4, 0.5) is 5.82 Å². The molecule has 28 heavy (non-hydrogen) atoms. The first-order valence-electron chi connectivity index (χ1n) is 8.44. The van der Waals surface area contributed by atoms with Crippen LogP contribution in [-0.2, 0) is 10.0 Å². The molecule has 0 fully saturated rings. The van der Waals surface area contributed by atoms with Gasteiger partial charge in [-0.15, -0.1) is 0 Å². The molecule has 3 aromatic rings. The Hall–Kier alpha value is -2.30. The van der Waals surface area contributed by atoms with E-state index in [1.165, 1.54) is 13.0 Å². The lowest BCUT2D eigenvalue weighted by atomic mass is 10.0. The Morgan fingerprint density at radius 3 is 2.61 bits per heavy atom. The Balaban J connectivity index is 1.94. The number of hydrogen-bond acceptors (Lipinski definition) is 7. The third kappa shape index (κ3) is 4.40. The molecular formula is C18H20ClN5O3S. The standard InChI is InChI=1S/C18H20ClN5O3S/c1-10(25)15(20)9-22-28(26,27)13-4-2-3-11(7-13)12-5-6-14-16(8-12)23-18(19)24-17(14)21/h2-8,10,15,22,25H,9,20H2,1H3,(H2,21,23,24)/t10-,15-/m1/s1. The fourth-order valence-electron chi connectivity index (χ4n) is 2.61. The summed E-state index contributed by atoms with van der Waals surface area (Å²) in [6.07, 6.45) is -0.826. The Bertz CT molecular complexity index is 1120. The second kappa shape index (κ2) is 7.98. The van der Waals surface area contributed by atoms with Crippen LogP contribution in [0.2, 0.25) is 5.28 Å². The van der Waals surface area contributed by atoms with Crippen molar-refractivity contribution in [3.05, 3.63) is 47.7 Å². The van der Waals surface area contributed by atoms with Gasteiger partial charge in [0, 0.05) is 18.0 Å². The number of hydrogen-bond donors (Lipinski definition) is 4. The first kappa shape index (κ1) is 20.4. The summed E-state index contributed by atoms with van der Waals surface area (Å²) in [4.78, 5) is 8.17. The van der Waals surface area contributed by atoms with Crippen molar-refractivity contribution < 1.29 is 13.5 Å². The number of halogens is 1. The number of fused-ring (bicyclic) bond motifs is 1. The molecule has 0 bridgehead atoms. The zero-order valence-electron chi connectivity index (χ0n) is 15.0. The van der Waals surface area contributed by atoms with Crippen LogP contribution in [0.25, 0.3) is 22.0 Å². The van der Waals surface area contributed by atoms with Crippen molar-refractivity contribution in [3.63, 3.8) is 0 Å². The Morgan fingerprint density at radius 1 is 1.18 bits per heavy atom. The Kier molecular flexibility index (Phi) is 5.82. The number of nitrogens with two attached hydrogens (primary N) is 2. The first-order chi connectivity index (χ1) is 13.2. The van der Waals surface area contributed by atoms with E-state index >= 15 is 0 Å². The van der Waals surface area contributed by atoms with Gasteiger partial charge >= 0.3 is 0 Å².